The second kappa shape index (κ2) is 15.8. The minimum Gasteiger partial charge on any atom is -0.860 e. The number of hydrogen-bond acceptors (Lipinski definition) is 3. The van der Waals surface area contributed by atoms with Gasteiger partial charge in [0.05, 0.1) is 0 Å². The van der Waals surface area contributed by atoms with Crippen LogP contribution in [0, 0.1) is 0 Å². The summed E-state index contributed by atoms with van der Waals surface area (Å²) in [5.74, 6) is 0. The van der Waals surface area contributed by atoms with Crippen molar-refractivity contribution < 1.29 is 66.4 Å². The monoisotopic (exact) mass is 116 g/mol. The minimum atomic E-state index is -2.54. The van der Waals surface area contributed by atoms with Gasteiger partial charge in [-0.25, -0.2) is 0 Å². The zero-order chi connectivity index (χ0) is 3.58. The van der Waals surface area contributed by atoms with Crippen molar-refractivity contribution in [2.75, 3.05) is 0 Å². The Balaban J connectivity index is -0.0000000150. The first kappa shape index (κ1) is 22.7. The van der Waals surface area contributed by atoms with Crippen LogP contribution in [0.3, 0.4) is 0 Å². The van der Waals surface area contributed by atoms with E-state index in [-0.39, 0.29) is 56.6 Å². The summed E-state index contributed by atoms with van der Waals surface area (Å²) in [4.78, 5) is 17.7. The molecule has 2 nitrogen and oxygen atoms in total. The Labute approximate surface area is 85.4 Å². The summed E-state index contributed by atoms with van der Waals surface area (Å²) in [6, 6.07) is 0. The summed E-state index contributed by atoms with van der Waals surface area (Å²) in [5.41, 5.74) is 0. The fourth-order valence-electron chi connectivity index (χ4n) is 0. The first-order valence-electron chi connectivity index (χ1n) is 0.548. The number of rotatable bonds is 0. The first-order chi connectivity index (χ1) is 1.73. The SMILES string of the molecule is [Li+].[Li+].[Li+].[O-]P([O-])[S-]. The molecule has 0 aliphatic rings. The van der Waals surface area contributed by atoms with E-state index in [0.717, 1.165) is 0 Å². The van der Waals surface area contributed by atoms with Gasteiger partial charge >= 0.3 is 56.6 Å². The Morgan fingerprint density at radius 2 is 1.00 bits per heavy atom. The molecule has 0 aromatic rings. The van der Waals surface area contributed by atoms with Crippen molar-refractivity contribution in [1.29, 1.82) is 0 Å². The van der Waals surface area contributed by atoms with Gasteiger partial charge in [-0.1, -0.05) is 0 Å². The maximum absolute atomic E-state index is 8.85. The van der Waals surface area contributed by atoms with Crippen LogP contribution < -0.4 is 66.4 Å². The van der Waals surface area contributed by atoms with Gasteiger partial charge < -0.3 is 29.6 Å². The molecule has 0 heterocycles. The Bertz CT molecular complexity index is 17.7. The van der Waals surface area contributed by atoms with Crippen LogP contribution in [0.5, 0.6) is 0 Å². The molecular formula is Li3O2PS. The molecule has 0 rings (SSSR count). The van der Waals surface area contributed by atoms with Gasteiger partial charge in [-0.2, -0.15) is 0 Å². The van der Waals surface area contributed by atoms with Gasteiger partial charge in [0.1, 0.15) is 0 Å². The molecule has 7 heteroatoms. The molecule has 0 atom stereocenters. The van der Waals surface area contributed by atoms with Crippen LogP contribution in [0.2, 0.25) is 0 Å². The van der Waals surface area contributed by atoms with E-state index in [1.54, 1.807) is 0 Å². The molecule has 0 aromatic heterocycles. The molecule has 0 bridgehead atoms. The third-order valence-electron chi connectivity index (χ3n) is 0. The Morgan fingerprint density at radius 1 is 1.00 bits per heavy atom. The minimum absolute atomic E-state index is 0. The molecule has 7 heavy (non-hydrogen) atoms. The molecule has 0 aliphatic heterocycles. The fraction of sp³-hybridized carbons (Fsp3) is 0. The van der Waals surface area contributed by atoms with E-state index in [2.05, 4.69) is 12.2 Å². The van der Waals surface area contributed by atoms with E-state index < -0.39 is 7.58 Å². The topological polar surface area (TPSA) is 46.1 Å². The van der Waals surface area contributed by atoms with Crippen molar-refractivity contribution in [2.45, 2.75) is 0 Å². The van der Waals surface area contributed by atoms with Crippen molar-refractivity contribution in [3.05, 3.63) is 0 Å². The van der Waals surface area contributed by atoms with Crippen LogP contribution in [-0.4, -0.2) is 0 Å². The Kier molecular flexibility index (Phi) is 51.2. The third kappa shape index (κ3) is 57.6. The summed E-state index contributed by atoms with van der Waals surface area (Å²) < 4.78 is 0. The van der Waals surface area contributed by atoms with Crippen LogP contribution in [0.25, 0.3) is 0 Å². The first-order valence-corrected chi connectivity index (χ1v) is 2.74. The van der Waals surface area contributed by atoms with Crippen molar-refractivity contribution >= 4 is 19.8 Å². The molecule has 0 saturated heterocycles. The normalized spacial score (nSPS) is 5.14. The molecule has 0 aliphatic carbocycles. The van der Waals surface area contributed by atoms with Crippen LogP contribution in [-0.2, 0) is 12.2 Å². The van der Waals surface area contributed by atoms with Gasteiger partial charge in [0, 0.05) is 0 Å². The van der Waals surface area contributed by atoms with Crippen molar-refractivity contribution in [3.8, 4) is 0 Å². The van der Waals surface area contributed by atoms with Gasteiger partial charge in [0.2, 0.25) is 0 Å². The molecule has 0 aromatic carbocycles. The predicted molar refractivity (Wildman–Crippen MR) is 14.3 cm³/mol. The zero-order valence-corrected chi connectivity index (χ0v) is 6.38. The molecule has 0 N–H and O–H groups in total. The average molecular weight is 116 g/mol. The van der Waals surface area contributed by atoms with Crippen molar-refractivity contribution in [2.24, 2.45) is 0 Å². The van der Waals surface area contributed by atoms with E-state index in [1.807, 2.05) is 0 Å². The van der Waals surface area contributed by atoms with Gasteiger partial charge in [0.25, 0.3) is 0 Å². The van der Waals surface area contributed by atoms with Gasteiger partial charge in [-0.15, -0.1) is 0 Å². The van der Waals surface area contributed by atoms with Crippen LogP contribution in [0.15, 0.2) is 0 Å². The van der Waals surface area contributed by atoms with Gasteiger partial charge in [-0.3, -0.25) is 0 Å². The van der Waals surface area contributed by atoms with E-state index in [4.69, 9.17) is 9.79 Å². The summed E-state index contributed by atoms with van der Waals surface area (Å²) in [6.07, 6.45) is 0. The maximum Gasteiger partial charge on any atom is 1.00 e. The fourth-order valence-corrected chi connectivity index (χ4v) is 0. The van der Waals surface area contributed by atoms with Gasteiger partial charge in [0.15, 0.2) is 0 Å². The average Bonchev–Trinajstić information content (AvgIpc) is 0.811. The summed E-state index contributed by atoms with van der Waals surface area (Å²) in [5, 5.41) is 0. The molecule has 0 spiro atoms. The summed E-state index contributed by atoms with van der Waals surface area (Å²) in [6.45, 7) is 0. The predicted octanol–water partition coefficient (Wildman–Crippen LogP) is -10.5. The Morgan fingerprint density at radius 3 is 1.00 bits per heavy atom. The summed E-state index contributed by atoms with van der Waals surface area (Å²) >= 11 is 3.57. The second-order valence-corrected chi connectivity index (χ2v) is 1.57. The molecule has 0 unspecified atom stereocenters. The standard InChI is InChI=1S/3Li.O2PS/c;;;1-3(2)4/q3*+1;-3. The van der Waals surface area contributed by atoms with Crippen LogP contribution in [0.4, 0.5) is 0 Å². The zero-order valence-electron chi connectivity index (χ0n) is 4.67. The Hall–Kier alpha value is 2.49. The molecule has 0 fully saturated rings. The smallest absolute Gasteiger partial charge is 0.860 e. The van der Waals surface area contributed by atoms with Crippen LogP contribution >= 0.6 is 7.58 Å². The quantitative estimate of drug-likeness (QED) is 0.179. The molecular weight excluding hydrogens is 116 g/mol. The van der Waals surface area contributed by atoms with Crippen molar-refractivity contribution in [3.63, 3.8) is 0 Å². The maximum atomic E-state index is 8.85. The van der Waals surface area contributed by atoms with E-state index in [1.165, 1.54) is 0 Å². The van der Waals surface area contributed by atoms with E-state index in [0.29, 0.717) is 0 Å². The second-order valence-electron chi connectivity index (χ2n) is 0.224. The molecule has 0 amide bonds. The molecule has 0 saturated carbocycles. The molecule has 26 valence electrons. The number of hydrogen-bond donors (Lipinski definition) is 0. The van der Waals surface area contributed by atoms with Crippen LogP contribution in [0.1, 0.15) is 0 Å². The third-order valence-corrected chi connectivity index (χ3v) is 0. The van der Waals surface area contributed by atoms with Gasteiger partial charge in [-0.05, 0) is 0 Å². The van der Waals surface area contributed by atoms with Crippen molar-refractivity contribution in [1.82, 2.24) is 0 Å². The molecule has 0 radical (unpaired) electrons. The largest absolute Gasteiger partial charge is 1.00 e. The summed E-state index contributed by atoms with van der Waals surface area (Å²) in [7, 11) is -2.54. The van der Waals surface area contributed by atoms with E-state index in [9.17, 15) is 0 Å². The van der Waals surface area contributed by atoms with E-state index >= 15 is 0 Å².